The molecule has 2 aromatic heterocycles. The number of anilines is 1. The average Bonchev–Trinajstić information content (AvgIpc) is 3.31. The zero-order valence-corrected chi connectivity index (χ0v) is 17.7. The Balaban J connectivity index is 1.39. The van der Waals surface area contributed by atoms with Gasteiger partial charge in [-0.2, -0.15) is 0 Å². The van der Waals surface area contributed by atoms with Crippen LogP contribution in [-0.4, -0.2) is 20.4 Å². The second-order valence-corrected chi connectivity index (χ2v) is 8.15. The minimum atomic E-state index is -0.439. The summed E-state index contributed by atoms with van der Waals surface area (Å²) in [5.41, 5.74) is 2.53. The molecule has 2 aromatic carbocycles. The Morgan fingerprint density at radius 1 is 1.27 bits per heavy atom. The van der Waals surface area contributed by atoms with Crippen molar-refractivity contribution in [2.45, 2.75) is 19.8 Å². The number of nitrogens with one attached hydrogen (secondary N) is 1. The van der Waals surface area contributed by atoms with Gasteiger partial charge < -0.3 is 9.88 Å². The Morgan fingerprint density at radius 3 is 2.87 bits per heavy atom. The highest BCUT2D eigenvalue weighted by atomic mass is 35.5. The summed E-state index contributed by atoms with van der Waals surface area (Å²) in [6.07, 6.45) is 4.08. The van der Waals surface area contributed by atoms with E-state index < -0.39 is 5.82 Å². The highest BCUT2D eigenvalue weighted by Crippen LogP contribution is 2.21. The van der Waals surface area contributed by atoms with Crippen LogP contribution in [0.25, 0.3) is 5.69 Å². The lowest BCUT2D eigenvalue weighted by molar-refractivity contribution is -0.115. The number of benzene rings is 2. The van der Waals surface area contributed by atoms with Gasteiger partial charge in [-0.15, -0.1) is 11.3 Å². The molecule has 2 heterocycles. The lowest BCUT2D eigenvalue weighted by Gasteiger charge is -2.09. The van der Waals surface area contributed by atoms with E-state index in [9.17, 15) is 9.18 Å². The molecule has 1 amide bonds. The molecule has 1 N–H and O–H groups in total. The molecule has 0 radical (unpaired) electrons. The lowest BCUT2D eigenvalue weighted by atomic mass is 10.2. The minimum Gasteiger partial charge on any atom is -0.326 e. The summed E-state index contributed by atoms with van der Waals surface area (Å²) < 4.78 is 16.1. The zero-order valence-electron chi connectivity index (χ0n) is 16.1. The fraction of sp³-hybridized carbons (Fsp3) is 0.136. The van der Waals surface area contributed by atoms with Crippen molar-refractivity contribution in [1.82, 2.24) is 14.5 Å². The first-order valence-electron chi connectivity index (χ1n) is 9.25. The van der Waals surface area contributed by atoms with Gasteiger partial charge in [-0.3, -0.25) is 4.79 Å². The van der Waals surface area contributed by atoms with Crippen molar-refractivity contribution < 1.29 is 9.18 Å². The fourth-order valence-corrected chi connectivity index (χ4v) is 4.16. The van der Waals surface area contributed by atoms with Gasteiger partial charge in [-0.25, -0.2) is 14.4 Å². The van der Waals surface area contributed by atoms with Crippen LogP contribution in [0.5, 0.6) is 0 Å². The quantitative estimate of drug-likeness (QED) is 0.448. The van der Waals surface area contributed by atoms with Gasteiger partial charge in [0.05, 0.1) is 22.8 Å². The number of carbonyl (C=O) groups is 1. The molecule has 8 heteroatoms. The number of rotatable bonds is 6. The lowest BCUT2D eigenvalue weighted by Crippen LogP contribution is -2.15. The van der Waals surface area contributed by atoms with Crippen LogP contribution in [0.4, 0.5) is 10.1 Å². The number of halogens is 2. The Labute approximate surface area is 182 Å². The molecular weight excluding hydrogens is 423 g/mol. The van der Waals surface area contributed by atoms with E-state index in [0.717, 1.165) is 10.6 Å². The standard InChI is InChI=1S/C22H18ClFN4OS/c1-14-25-7-8-28(14)20-6-5-17(11-19(20)24)26-21(29)12-18-13-30-22(27-18)10-15-3-2-4-16(23)9-15/h2-9,11,13H,10,12H2,1H3,(H,26,29). The molecule has 0 bridgehead atoms. The van der Waals surface area contributed by atoms with E-state index in [-0.39, 0.29) is 12.3 Å². The minimum absolute atomic E-state index is 0.121. The van der Waals surface area contributed by atoms with Crippen molar-refractivity contribution in [2.75, 3.05) is 5.32 Å². The maximum Gasteiger partial charge on any atom is 0.230 e. The Kier molecular flexibility index (Phi) is 5.92. The predicted octanol–water partition coefficient (Wildman–Crippen LogP) is 5.20. The first kappa shape index (κ1) is 20.3. The Bertz CT molecular complexity index is 1200. The van der Waals surface area contributed by atoms with Gasteiger partial charge in [-0.05, 0) is 42.8 Å². The van der Waals surface area contributed by atoms with Crippen molar-refractivity contribution in [1.29, 1.82) is 0 Å². The van der Waals surface area contributed by atoms with Crippen LogP contribution in [0.2, 0.25) is 5.02 Å². The molecule has 4 aromatic rings. The monoisotopic (exact) mass is 440 g/mol. The molecule has 5 nitrogen and oxygen atoms in total. The van der Waals surface area contributed by atoms with E-state index in [0.29, 0.717) is 34.3 Å². The number of carbonyl (C=O) groups excluding carboxylic acids is 1. The number of imidazole rings is 1. The highest BCUT2D eigenvalue weighted by molar-refractivity contribution is 7.09. The van der Waals surface area contributed by atoms with Crippen molar-refractivity contribution in [3.05, 3.63) is 93.2 Å². The molecule has 4 rings (SSSR count). The van der Waals surface area contributed by atoms with Crippen LogP contribution in [0.1, 0.15) is 22.1 Å². The van der Waals surface area contributed by atoms with Gasteiger partial charge in [-0.1, -0.05) is 23.7 Å². The maximum absolute atomic E-state index is 14.5. The van der Waals surface area contributed by atoms with Crippen LogP contribution >= 0.6 is 22.9 Å². The van der Waals surface area contributed by atoms with Crippen molar-refractivity contribution >= 4 is 34.5 Å². The van der Waals surface area contributed by atoms with Crippen molar-refractivity contribution in [3.8, 4) is 5.69 Å². The summed E-state index contributed by atoms with van der Waals surface area (Å²) in [5.74, 6) is -0.00488. The molecule has 0 saturated carbocycles. The molecule has 0 aliphatic heterocycles. The average molecular weight is 441 g/mol. The molecule has 0 fully saturated rings. The first-order chi connectivity index (χ1) is 14.5. The smallest absolute Gasteiger partial charge is 0.230 e. The summed E-state index contributed by atoms with van der Waals surface area (Å²) >= 11 is 7.52. The zero-order chi connectivity index (χ0) is 21.1. The van der Waals surface area contributed by atoms with E-state index in [4.69, 9.17) is 11.6 Å². The maximum atomic E-state index is 14.5. The number of thiazole rings is 1. The third kappa shape index (κ3) is 4.75. The van der Waals surface area contributed by atoms with Crippen LogP contribution in [0.15, 0.2) is 60.2 Å². The largest absolute Gasteiger partial charge is 0.326 e. The van der Waals surface area contributed by atoms with Crippen molar-refractivity contribution in [3.63, 3.8) is 0 Å². The van der Waals surface area contributed by atoms with Gasteiger partial charge in [0.1, 0.15) is 11.6 Å². The third-order valence-corrected chi connectivity index (χ3v) is 5.63. The van der Waals surface area contributed by atoms with Crippen LogP contribution in [-0.2, 0) is 17.6 Å². The normalized spacial score (nSPS) is 10.9. The molecule has 0 spiro atoms. The van der Waals surface area contributed by atoms with Gasteiger partial charge in [0.25, 0.3) is 0 Å². The molecule has 152 valence electrons. The van der Waals surface area contributed by atoms with Gasteiger partial charge >= 0.3 is 0 Å². The highest BCUT2D eigenvalue weighted by Gasteiger charge is 2.12. The topological polar surface area (TPSA) is 59.8 Å². The molecule has 0 aliphatic rings. The van der Waals surface area contributed by atoms with Gasteiger partial charge in [0.2, 0.25) is 5.91 Å². The van der Waals surface area contributed by atoms with Gasteiger partial charge in [0.15, 0.2) is 0 Å². The molecule has 0 unspecified atom stereocenters. The number of hydrogen-bond acceptors (Lipinski definition) is 4. The summed E-state index contributed by atoms with van der Waals surface area (Å²) in [4.78, 5) is 21.0. The van der Waals surface area contributed by atoms with E-state index in [1.165, 1.54) is 17.4 Å². The number of aryl methyl sites for hydroxylation is 1. The van der Waals surface area contributed by atoms with E-state index >= 15 is 0 Å². The van der Waals surface area contributed by atoms with E-state index in [1.54, 1.807) is 36.0 Å². The SMILES string of the molecule is Cc1nccn1-c1ccc(NC(=O)Cc2csc(Cc3cccc(Cl)c3)n2)cc1F. The second kappa shape index (κ2) is 8.77. The Morgan fingerprint density at radius 2 is 2.13 bits per heavy atom. The molecule has 0 atom stereocenters. The predicted molar refractivity (Wildman–Crippen MR) is 117 cm³/mol. The van der Waals surface area contributed by atoms with Gasteiger partial charge in [0, 0.05) is 34.9 Å². The van der Waals surface area contributed by atoms with Crippen LogP contribution in [0, 0.1) is 12.7 Å². The third-order valence-electron chi connectivity index (χ3n) is 4.50. The second-order valence-electron chi connectivity index (χ2n) is 6.77. The number of aromatic nitrogens is 3. The van der Waals surface area contributed by atoms with Crippen molar-refractivity contribution in [2.24, 2.45) is 0 Å². The van der Waals surface area contributed by atoms with E-state index in [2.05, 4.69) is 15.3 Å². The molecule has 30 heavy (non-hydrogen) atoms. The fourth-order valence-electron chi connectivity index (χ4n) is 3.12. The Hall–Kier alpha value is -3.03. The van der Waals surface area contributed by atoms with Crippen LogP contribution < -0.4 is 5.32 Å². The van der Waals surface area contributed by atoms with E-state index in [1.807, 2.05) is 29.6 Å². The molecule has 0 saturated heterocycles. The molecular formula is C22H18ClFN4OS. The first-order valence-corrected chi connectivity index (χ1v) is 10.5. The summed E-state index contributed by atoms with van der Waals surface area (Å²) in [5, 5.41) is 6.19. The number of amides is 1. The number of nitrogens with zero attached hydrogens (tertiary/aromatic N) is 3. The molecule has 0 aliphatic carbocycles. The van der Waals surface area contributed by atoms with Crippen LogP contribution in [0.3, 0.4) is 0 Å². The summed E-state index contributed by atoms with van der Waals surface area (Å²) in [7, 11) is 0. The summed E-state index contributed by atoms with van der Waals surface area (Å²) in [6, 6.07) is 12.2. The summed E-state index contributed by atoms with van der Waals surface area (Å²) in [6.45, 7) is 1.80. The number of hydrogen-bond donors (Lipinski definition) is 1.